The Morgan fingerprint density at radius 1 is 1.22 bits per heavy atom. The molecule has 1 aromatic carbocycles. The van der Waals surface area contributed by atoms with E-state index in [4.69, 9.17) is 0 Å². The monoisotopic (exact) mass is 392 g/mol. The lowest BCUT2D eigenvalue weighted by Gasteiger charge is -2.09. The predicted octanol–water partition coefficient (Wildman–Crippen LogP) is 3.84. The molecule has 0 saturated heterocycles. The molecular formula is C17H17BrN2O2S. The number of carbonyl (C=O) groups excluding carboxylic acids is 2. The van der Waals surface area contributed by atoms with E-state index in [-0.39, 0.29) is 18.4 Å². The molecule has 1 heterocycles. The van der Waals surface area contributed by atoms with Crippen LogP contribution in [0.5, 0.6) is 0 Å². The maximum absolute atomic E-state index is 11.9. The number of anilines is 1. The number of amides is 2. The number of nitrogens with one attached hydrogen (secondary N) is 2. The Kier molecular flexibility index (Phi) is 6.55. The van der Waals surface area contributed by atoms with Gasteiger partial charge in [-0.1, -0.05) is 25.1 Å². The largest absolute Gasteiger partial charge is 0.343 e. The summed E-state index contributed by atoms with van der Waals surface area (Å²) in [5.74, 6) is -0.542. The molecule has 0 radical (unpaired) electrons. The van der Waals surface area contributed by atoms with E-state index >= 15 is 0 Å². The third kappa shape index (κ3) is 5.65. The third-order valence-corrected chi connectivity index (χ3v) is 4.68. The fourth-order valence-electron chi connectivity index (χ4n) is 1.95. The normalized spacial score (nSPS) is 10.7. The Morgan fingerprint density at radius 2 is 2.00 bits per heavy atom. The molecule has 0 aliphatic heterocycles. The van der Waals surface area contributed by atoms with Gasteiger partial charge in [0.05, 0.1) is 10.3 Å². The Bertz CT molecular complexity index is 725. The quantitative estimate of drug-likeness (QED) is 0.733. The van der Waals surface area contributed by atoms with Crippen molar-refractivity contribution in [1.82, 2.24) is 5.32 Å². The van der Waals surface area contributed by atoms with Gasteiger partial charge in [-0.05, 0) is 52.2 Å². The first kappa shape index (κ1) is 17.4. The number of halogens is 1. The highest BCUT2D eigenvalue weighted by Crippen LogP contribution is 2.22. The molecule has 6 heteroatoms. The van der Waals surface area contributed by atoms with E-state index in [2.05, 4.69) is 26.6 Å². The van der Waals surface area contributed by atoms with Gasteiger partial charge in [0.1, 0.15) is 0 Å². The predicted molar refractivity (Wildman–Crippen MR) is 98.5 cm³/mol. The zero-order chi connectivity index (χ0) is 16.7. The Labute approximate surface area is 147 Å². The van der Waals surface area contributed by atoms with Crippen LogP contribution in [0.25, 0.3) is 6.08 Å². The molecule has 0 aliphatic rings. The minimum Gasteiger partial charge on any atom is -0.343 e. The number of rotatable bonds is 6. The lowest BCUT2D eigenvalue weighted by Crippen LogP contribution is -2.31. The van der Waals surface area contributed by atoms with E-state index in [1.54, 1.807) is 6.08 Å². The summed E-state index contributed by atoms with van der Waals surface area (Å²) >= 11 is 4.89. The fourth-order valence-corrected chi connectivity index (χ4v) is 3.27. The highest BCUT2D eigenvalue weighted by Gasteiger charge is 2.06. The Morgan fingerprint density at radius 3 is 2.70 bits per heavy atom. The van der Waals surface area contributed by atoms with Gasteiger partial charge in [-0.25, -0.2) is 0 Å². The first-order valence-corrected chi connectivity index (χ1v) is 8.78. The van der Waals surface area contributed by atoms with Gasteiger partial charge >= 0.3 is 0 Å². The summed E-state index contributed by atoms with van der Waals surface area (Å²) in [7, 11) is 0. The summed E-state index contributed by atoms with van der Waals surface area (Å²) in [6, 6.07) is 11.5. The lowest BCUT2D eigenvalue weighted by atomic mass is 10.1. The second-order valence-electron chi connectivity index (χ2n) is 4.75. The lowest BCUT2D eigenvalue weighted by molar-refractivity contribution is -0.121. The van der Waals surface area contributed by atoms with Gasteiger partial charge < -0.3 is 10.6 Å². The van der Waals surface area contributed by atoms with Crippen LogP contribution in [0.3, 0.4) is 0 Å². The summed E-state index contributed by atoms with van der Waals surface area (Å²) in [4.78, 5) is 24.6. The summed E-state index contributed by atoms with van der Waals surface area (Å²) in [5, 5.41) is 5.38. The van der Waals surface area contributed by atoms with Gasteiger partial charge in [-0.15, -0.1) is 11.3 Å². The first-order valence-electron chi connectivity index (χ1n) is 7.17. The Balaban J connectivity index is 1.82. The average Bonchev–Trinajstić information content (AvgIpc) is 2.97. The van der Waals surface area contributed by atoms with Crippen LogP contribution in [0.1, 0.15) is 17.4 Å². The molecule has 2 N–H and O–H groups in total. The second kappa shape index (κ2) is 8.64. The van der Waals surface area contributed by atoms with Crippen LogP contribution < -0.4 is 10.6 Å². The van der Waals surface area contributed by atoms with Crippen molar-refractivity contribution < 1.29 is 9.59 Å². The molecule has 0 bridgehead atoms. The Hall–Kier alpha value is -1.92. The van der Waals surface area contributed by atoms with Gasteiger partial charge in [-0.2, -0.15) is 0 Å². The summed E-state index contributed by atoms with van der Waals surface area (Å²) in [6.45, 7) is 1.97. The summed E-state index contributed by atoms with van der Waals surface area (Å²) in [5.41, 5.74) is 1.85. The number of aryl methyl sites for hydroxylation is 1. The van der Waals surface area contributed by atoms with E-state index in [1.165, 1.54) is 17.4 Å². The van der Waals surface area contributed by atoms with E-state index in [0.717, 1.165) is 26.3 Å². The standard InChI is InChI=1S/C17H17BrN2O2S/c1-2-12-5-3-4-6-14(12)20-17(22)11-19-16(21)10-8-13-7-9-15(18)23-13/h3-10H,2,11H2,1H3,(H,19,21)(H,20,22)/b10-8+. The smallest absolute Gasteiger partial charge is 0.244 e. The van der Waals surface area contributed by atoms with Crippen LogP contribution in [-0.2, 0) is 16.0 Å². The minimum absolute atomic E-state index is 0.0602. The third-order valence-electron chi connectivity index (χ3n) is 3.09. The molecule has 0 unspecified atom stereocenters. The molecule has 2 amide bonds. The molecule has 120 valence electrons. The van der Waals surface area contributed by atoms with Crippen LogP contribution >= 0.6 is 27.3 Å². The second-order valence-corrected chi connectivity index (χ2v) is 7.25. The van der Waals surface area contributed by atoms with Gasteiger partial charge in [-0.3, -0.25) is 9.59 Å². The number of carbonyl (C=O) groups is 2. The molecule has 0 saturated carbocycles. The molecular weight excluding hydrogens is 376 g/mol. The average molecular weight is 393 g/mol. The molecule has 2 aromatic rings. The van der Waals surface area contributed by atoms with Crippen molar-refractivity contribution in [3.05, 3.63) is 56.7 Å². The zero-order valence-electron chi connectivity index (χ0n) is 12.6. The number of para-hydroxylation sites is 1. The van der Waals surface area contributed by atoms with E-state index in [0.29, 0.717) is 0 Å². The number of hydrogen-bond acceptors (Lipinski definition) is 3. The summed E-state index contributed by atoms with van der Waals surface area (Å²) in [6.07, 6.45) is 3.97. The number of hydrogen-bond donors (Lipinski definition) is 2. The molecule has 23 heavy (non-hydrogen) atoms. The zero-order valence-corrected chi connectivity index (χ0v) is 15.0. The molecule has 0 spiro atoms. The maximum Gasteiger partial charge on any atom is 0.244 e. The van der Waals surface area contributed by atoms with Crippen molar-refractivity contribution in [2.75, 3.05) is 11.9 Å². The van der Waals surface area contributed by atoms with Crippen molar-refractivity contribution in [3.63, 3.8) is 0 Å². The number of thiophene rings is 1. The van der Waals surface area contributed by atoms with E-state index < -0.39 is 0 Å². The van der Waals surface area contributed by atoms with Crippen molar-refractivity contribution in [1.29, 1.82) is 0 Å². The van der Waals surface area contributed by atoms with Crippen LogP contribution in [0, 0.1) is 0 Å². The molecule has 1 aromatic heterocycles. The van der Waals surface area contributed by atoms with Crippen LogP contribution in [0.2, 0.25) is 0 Å². The highest BCUT2D eigenvalue weighted by atomic mass is 79.9. The molecule has 0 atom stereocenters. The van der Waals surface area contributed by atoms with Gasteiger partial charge in [0, 0.05) is 16.6 Å². The first-order chi connectivity index (χ1) is 11.1. The molecule has 0 fully saturated rings. The minimum atomic E-state index is -0.298. The topological polar surface area (TPSA) is 58.2 Å². The highest BCUT2D eigenvalue weighted by molar-refractivity contribution is 9.11. The van der Waals surface area contributed by atoms with Crippen LogP contribution in [-0.4, -0.2) is 18.4 Å². The van der Waals surface area contributed by atoms with Crippen molar-refractivity contribution >= 4 is 50.8 Å². The van der Waals surface area contributed by atoms with Crippen LogP contribution in [0.4, 0.5) is 5.69 Å². The number of benzene rings is 1. The molecule has 4 nitrogen and oxygen atoms in total. The molecule has 0 aliphatic carbocycles. The van der Waals surface area contributed by atoms with Crippen molar-refractivity contribution in [2.45, 2.75) is 13.3 Å². The van der Waals surface area contributed by atoms with Crippen molar-refractivity contribution in [2.24, 2.45) is 0 Å². The maximum atomic E-state index is 11.9. The van der Waals surface area contributed by atoms with Crippen LogP contribution in [0.15, 0.2) is 46.3 Å². The van der Waals surface area contributed by atoms with E-state index in [1.807, 2.05) is 43.3 Å². The van der Waals surface area contributed by atoms with Crippen molar-refractivity contribution in [3.8, 4) is 0 Å². The SMILES string of the molecule is CCc1ccccc1NC(=O)CNC(=O)/C=C/c1ccc(Br)s1. The van der Waals surface area contributed by atoms with E-state index in [9.17, 15) is 9.59 Å². The molecule has 2 rings (SSSR count). The van der Waals surface area contributed by atoms with Gasteiger partial charge in [0.2, 0.25) is 11.8 Å². The van der Waals surface area contributed by atoms with Gasteiger partial charge in [0.25, 0.3) is 0 Å². The van der Waals surface area contributed by atoms with Gasteiger partial charge in [0.15, 0.2) is 0 Å². The summed E-state index contributed by atoms with van der Waals surface area (Å²) < 4.78 is 1.01. The fraction of sp³-hybridized carbons (Fsp3) is 0.176.